The van der Waals surface area contributed by atoms with Gasteiger partial charge in [0.2, 0.25) is 0 Å². The molecule has 1 N–H and O–H groups in total. The molecule has 2 aromatic carbocycles. The van der Waals surface area contributed by atoms with E-state index in [4.69, 9.17) is 9.47 Å². The number of nitrogens with one attached hydrogen (secondary N) is 1. The molecule has 4 rings (SSSR count). The lowest BCUT2D eigenvalue weighted by atomic mass is 10.2. The van der Waals surface area contributed by atoms with Crippen LogP contribution in [-0.2, 0) is 21.4 Å². The third-order valence-electron chi connectivity index (χ3n) is 4.54. The molecule has 0 unspecified atom stereocenters. The van der Waals surface area contributed by atoms with Gasteiger partial charge in [0.15, 0.2) is 4.96 Å². The molecule has 0 radical (unpaired) electrons. The molecule has 11 heteroatoms. The van der Waals surface area contributed by atoms with Gasteiger partial charge in [-0.05, 0) is 43.3 Å². The number of sulfonamides is 1. The summed E-state index contributed by atoms with van der Waals surface area (Å²) in [4.78, 5) is 29.6. The first-order chi connectivity index (χ1) is 15.9. The number of fused-ring (bicyclic) bond motifs is 1. The molecule has 0 saturated carbocycles. The molecule has 0 aliphatic heterocycles. The van der Waals surface area contributed by atoms with Crippen molar-refractivity contribution in [2.45, 2.75) is 18.4 Å². The Kier molecular flexibility index (Phi) is 6.43. The van der Waals surface area contributed by atoms with E-state index in [-0.39, 0.29) is 28.3 Å². The van der Waals surface area contributed by atoms with Crippen LogP contribution in [0.2, 0.25) is 0 Å². The average molecular weight is 486 g/mol. The summed E-state index contributed by atoms with van der Waals surface area (Å²) in [7, 11) is -3.96. The first-order valence-corrected chi connectivity index (χ1v) is 12.2. The minimum absolute atomic E-state index is 0.0167. The second kappa shape index (κ2) is 9.43. The Morgan fingerprint density at radius 1 is 1.15 bits per heavy atom. The van der Waals surface area contributed by atoms with Crippen LogP contribution >= 0.6 is 11.3 Å². The van der Waals surface area contributed by atoms with E-state index in [9.17, 15) is 18.0 Å². The zero-order valence-electron chi connectivity index (χ0n) is 17.4. The Hall–Kier alpha value is -3.70. The topological polar surface area (TPSA) is 116 Å². The number of anilines is 1. The summed E-state index contributed by atoms with van der Waals surface area (Å²) < 4.78 is 40.1. The fourth-order valence-electron chi connectivity index (χ4n) is 3.01. The Morgan fingerprint density at radius 3 is 2.67 bits per heavy atom. The van der Waals surface area contributed by atoms with Gasteiger partial charge in [-0.25, -0.2) is 18.2 Å². The predicted molar refractivity (Wildman–Crippen MR) is 123 cm³/mol. The summed E-state index contributed by atoms with van der Waals surface area (Å²) in [5, 5.41) is 1.73. The van der Waals surface area contributed by atoms with E-state index in [0.29, 0.717) is 23.0 Å². The van der Waals surface area contributed by atoms with E-state index in [2.05, 4.69) is 9.71 Å². The van der Waals surface area contributed by atoms with Crippen molar-refractivity contribution in [2.75, 3.05) is 11.3 Å². The molecule has 33 heavy (non-hydrogen) atoms. The summed E-state index contributed by atoms with van der Waals surface area (Å²) in [6.07, 6.45) is 1.61. The van der Waals surface area contributed by atoms with E-state index in [0.717, 1.165) is 0 Å². The maximum absolute atomic E-state index is 12.8. The van der Waals surface area contributed by atoms with Gasteiger partial charge in [-0.2, -0.15) is 0 Å². The van der Waals surface area contributed by atoms with Gasteiger partial charge in [0, 0.05) is 17.6 Å². The van der Waals surface area contributed by atoms with Crippen LogP contribution in [0.25, 0.3) is 4.96 Å². The Bertz CT molecular complexity index is 1460. The summed E-state index contributed by atoms with van der Waals surface area (Å²) >= 11 is 1.28. The highest BCUT2D eigenvalue weighted by molar-refractivity contribution is 7.92. The molecule has 4 aromatic rings. The molecule has 2 heterocycles. The Morgan fingerprint density at radius 2 is 1.91 bits per heavy atom. The number of nitrogens with zero attached hydrogens (tertiary/aromatic N) is 2. The van der Waals surface area contributed by atoms with Gasteiger partial charge >= 0.3 is 5.97 Å². The van der Waals surface area contributed by atoms with Crippen molar-refractivity contribution in [3.8, 4) is 5.75 Å². The Balaban J connectivity index is 1.51. The molecule has 170 valence electrons. The number of hydrogen-bond donors (Lipinski definition) is 1. The minimum Gasteiger partial charge on any atom is -0.494 e. The number of para-hydroxylation sites is 1. The lowest BCUT2D eigenvalue weighted by molar-refractivity contribution is 0.0469. The van der Waals surface area contributed by atoms with Gasteiger partial charge in [-0.15, -0.1) is 11.3 Å². The lowest BCUT2D eigenvalue weighted by Crippen LogP contribution is -2.17. The first-order valence-electron chi connectivity index (χ1n) is 9.85. The molecular formula is C22H19N3O6S2. The van der Waals surface area contributed by atoms with E-state index >= 15 is 0 Å². The Labute approximate surface area is 193 Å². The van der Waals surface area contributed by atoms with Crippen LogP contribution in [0.3, 0.4) is 0 Å². The van der Waals surface area contributed by atoms with Crippen LogP contribution in [0.4, 0.5) is 5.69 Å². The summed E-state index contributed by atoms with van der Waals surface area (Å²) in [5.74, 6) is -0.206. The van der Waals surface area contributed by atoms with Crippen molar-refractivity contribution in [1.82, 2.24) is 9.38 Å². The summed E-state index contributed by atoms with van der Waals surface area (Å²) in [5.41, 5.74) is 0.109. The van der Waals surface area contributed by atoms with Crippen molar-refractivity contribution in [3.05, 3.63) is 87.8 Å². The second-order valence-electron chi connectivity index (χ2n) is 6.77. The van der Waals surface area contributed by atoms with Crippen LogP contribution < -0.4 is 15.0 Å². The number of carbonyl (C=O) groups is 1. The molecule has 0 spiro atoms. The predicted octanol–water partition coefficient (Wildman–Crippen LogP) is 3.31. The van der Waals surface area contributed by atoms with Gasteiger partial charge in [-0.1, -0.05) is 12.1 Å². The highest BCUT2D eigenvalue weighted by atomic mass is 32.2. The number of ether oxygens (including phenoxy) is 2. The van der Waals surface area contributed by atoms with Gasteiger partial charge in [0.05, 0.1) is 28.4 Å². The van der Waals surface area contributed by atoms with E-state index < -0.39 is 16.0 Å². The summed E-state index contributed by atoms with van der Waals surface area (Å²) in [6.45, 7) is 2.06. The third-order valence-corrected chi connectivity index (χ3v) is 6.68. The van der Waals surface area contributed by atoms with Crippen molar-refractivity contribution in [2.24, 2.45) is 0 Å². The first kappa shape index (κ1) is 22.5. The highest BCUT2D eigenvalue weighted by Gasteiger charge is 2.20. The third kappa shape index (κ3) is 5.04. The van der Waals surface area contributed by atoms with Gasteiger partial charge in [0.1, 0.15) is 12.4 Å². The number of thiazole rings is 1. The zero-order chi connectivity index (χ0) is 23.4. The number of carbonyl (C=O) groups excluding carboxylic acids is 1. The van der Waals surface area contributed by atoms with E-state index in [1.165, 1.54) is 46.1 Å². The molecule has 0 aliphatic rings. The zero-order valence-corrected chi connectivity index (χ0v) is 19.1. The fraction of sp³-hybridized carbons (Fsp3) is 0.136. The quantitative estimate of drug-likeness (QED) is 0.381. The summed E-state index contributed by atoms with van der Waals surface area (Å²) in [6, 6.07) is 13.3. The van der Waals surface area contributed by atoms with Gasteiger partial charge in [0.25, 0.3) is 15.6 Å². The highest BCUT2D eigenvalue weighted by Crippen LogP contribution is 2.23. The van der Waals surface area contributed by atoms with Gasteiger partial charge < -0.3 is 9.47 Å². The van der Waals surface area contributed by atoms with Crippen LogP contribution in [0.5, 0.6) is 5.75 Å². The molecule has 9 nitrogen and oxygen atoms in total. The monoisotopic (exact) mass is 485 g/mol. The maximum atomic E-state index is 12.8. The SMILES string of the molecule is CCOc1ccc(S(=O)(=O)Nc2ccccc2C(=O)OCc2cc(=O)n3ccsc3n2)cc1. The molecule has 0 bridgehead atoms. The molecule has 2 aromatic heterocycles. The lowest BCUT2D eigenvalue weighted by Gasteiger charge is -2.13. The fourth-order valence-corrected chi connectivity index (χ4v) is 4.83. The number of rotatable bonds is 8. The van der Waals surface area contributed by atoms with E-state index in [1.54, 1.807) is 35.8 Å². The van der Waals surface area contributed by atoms with Crippen LogP contribution in [0.15, 0.2) is 75.9 Å². The number of benzene rings is 2. The molecule has 0 atom stereocenters. The van der Waals surface area contributed by atoms with Crippen molar-refractivity contribution in [3.63, 3.8) is 0 Å². The average Bonchev–Trinajstić information content (AvgIpc) is 3.28. The largest absolute Gasteiger partial charge is 0.494 e. The standard InChI is InChI=1S/C22H19N3O6S2/c1-2-30-16-7-9-17(10-8-16)33(28,29)24-19-6-4-3-5-18(19)21(27)31-14-15-13-20(26)25-11-12-32-22(25)23-15/h3-13,24H,2,14H2,1H3. The molecule has 0 aliphatic carbocycles. The molecule has 0 saturated heterocycles. The maximum Gasteiger partial charge on any atom is 0.340 e. The van der Waals surface area contributed by atoms with Crippen LogP contribution in [0.1, 0.15) is 23.0 Å². The van der Waals surface area contributed by atoms with E-state index in [1.807, 2.05) is 6.92 Å². The number of esters is 1. The molecule has 0 fully saturated rings. The van der Waals surface area contributed by atoms with Gasteiger partial charge in [-0.3, -0.25) is 13.9 Å². The van der Waals surface area contributed by atoms with Crippen LogP contribution in [0, 0.1) is 0 Å². The normalized spacial score (nSPS) is 11.3. The van der Waals surface area contributed by atoms with Crippen molar-refractivity contribution >= 4 is 38.0 Å². The minimum atomic E-state index is -3.96. The van der Waals surface area contributed by atoms with Crippen LogP contribution in [-0.4, -0.2) is 30.4 Å². The molecular weight excluding hydrogens is 466 g/mol. The van der Waals surface area contributed by atoms with Crippen molar-refractivity contribution < 1.29 is 22.7 Å². The molecule has 0 amide bonds. The van der Waals surface area contributed by atoms with Crippen molar-refractivity contribution in [1.29, 1.82) is 0 Å². The second-order valence-corrected chi connectivity index (χ2v) is 9.33. The number of aromatic nitrogens is 2. The number of hydrogen-bond acceptors (Lipinski definition) is 8. The smallest absolute Gasteiger partial charge is 0.340 e.